The first-order chi connectivity index (χ1) is 10.1. The molecule has 2 rings (SSSR count). The zero-order valence-electron chi connectivity index (χ0n) is 13.0. The predicted octanol–water partition coefficient (Wildman–Crippen LogP) is 3.61. The zero-order valence-corrected chi connectivity index (χ0v) is 14.6. The Balaban J connectivity index is 1.81. The second-order valence-electron chi connectivity index (χ2n) is 6.11. The third-order valence-corrected chi connectivity index (χ3v) is 5.12. The van der Waals surface area contributed by atoms with Crippen LogP contribution in [0.15, 0.2) is 22.7 Å². The standard InChI is InChI=1S/C17H25BrN2O/c1-13(12-20-9-4-3-5-10-20)11-19-17(21)15-8-6-7-14(2)16(15)18/h6-8,13H,3-5,9-12H2,1-2H3,(H,19,21). The lowest BCUT2D eigenvalue weighted by atomic mass is 10.1. The maximum Gasteiger partial charge on any atom is 0.252 e. The molecule has 3 nitrogen and oxygen atoms in total. The van der Waals surface area contributed by atoms with Crippen molar-refractivity contribution < 1.29 is 4.79 Å². The van der Waals surface area contributed by atoms with Gasteiger partial charge in [-0.05, 0) is 66.3 Å². The summed E-state index contributed by atoms with van der Waals surface area (Å²) in [6.45, 7) is 8.44. The number of carbonyl (C=O) groups excluding carboxylic acids is 1. The third kappa shape index (κ3) is 4.82. The number of likely N-dealkylation sites (tertiary alicyclic amines) is 1. The number of hydrogen-bond donors (Lipinski definition) is 1. The van der Waals surface area contributed by atoms with E-state index in [4.69, 9.17) is 0 Å². The van der Waals surface area contributed by atoms with Crippen LogP contribution in [-0.4, -0.2) is 37.0 Å². The van der Waals surface area contributed by atoms with E-state index in [1.54, 1.807) is 0 Å². The Bertz CT molecular complexity index is 484. The largest absolute Gasteiger partial charge is 0.352 e. The fraction of sp³-hybridized carbons (Fsp3) is 0.588. The number of rotatable bonds is 5. The Morgan fingerprint density at radius 1 is 1.33 bits per heavy atom. The number of piperidine rings is 1. The van der Waals surface area contributed by atoms with Gasteiger partial charge in [0.15, 0.2) is 0 Å². The van der Waals surface area contributed by atoms with Gasteiger partial charge in [-0.1, -0.05) is 25.5 Å². The molecule has 1 aromatic carbocycles. The average Bonchev–Trinajstić information content (AvgIpc) is 2.48. The van der Waals surface area contributed by atoms with Crippen LogP contribution < -0.4 is 5.32 Å². The number of benzene rings is 1. The van der Waals surface area contributed by atoms with Gasteiger partial charge in [-0.25, -0.2) is 0 Å². The van der Waals surface area contributed by atoms with Gasteiger partial charge in [0.1, 0.15) is 0 Å². The van der Waals surface area contributed by atoms with Crippen molar-refractivity contribution in [3.63, 3.8) is 0 Å². The second-order valence-corrected chi connectivity index (χ2v) is 6.91. The summed E-state index contributed by atoms with van der Waals surface area (Å²) in [4.78, 5) is 14.8. The Morgan fingerprint density at radius 3 is 2.76 bits per heavy atom. The predicted molar refractivity (Wildman–Crippen MR) is 90.7 cm³/mol. The van der Waals surface area contributed by atoms with Crippen LogP contribution in [0.1, 0.15) is 42.1 Å². The molecular formula is C17H25BrN2O. The van der Waals surface area contributed by atoms with Crippen LogP contribution in [0, 0.1) is 12.8 Å². The first kappa shape index (κ1) is 16.5. The summed E-state index contributed by atoms with van der Waals surface area (Å²) in [5, 5.41) is 3.06. The summed E-state index contributed by atoms with van der Waals surface area (Å²) >= 11 is 3.50. The highest BCUT2D eigenvalue weighted by molar-refractivity contribution is 9.10. The van der Waals surface area contributed by atoms with E-state index in [1.807, 2.05) is 25.1 Å². The Hall–Kier alpha value is -0.870. The molecule has 21 heavy (non-hydrogen) atoms. The van der Waals surface area contributed by atoms with Gasteiger partial charge < -0.3 is 10.2 Å². The molecule has 0 radical (unpaired) electrons. The number of aryl methyl sites for hydroxylation is 1. The van der Waals surface area contributed by atoms with Crippen LogP contribution in [0.3, 0.4) is 0 Å². The molecule has 0 saturated carbocycles. The van der Waals surface area contributed by atoms with Crippen molar-refractivity contribution in [2.45, 2.75) is 33.1 Å². The monoisotopic (exact) mass is 352 g/mol. The minimum absolute atomic E-state index is 0.0102. The molecule has 1 aliphatic heterocycles. The molecule has 116 valence electrons. The van der Waals surface area contributed by atoms with E-state index < -0.39 is 0 Å². The minimum Gasteiger partial charge on any atom is -0.352 e. The van der Waals surface area contributed by atoms with Gasteiger partial charge in [0.2, 0.25) is 0 Å². The van der Waals surface area contributed by atoms with E-state index in [2.05, 4.69) is 33.1 Å². The van der Waals surface area contributed by atoms with E-state index in [-0.39, 0.29) is 5.91 Å². The minimum atomic E-state index is 0.0102. The number of amides is 1. The summed E-state index contributed by atoms with van der Waals surface area (Å²) < 4.78 is 0.895. The molecule has 1 aromatic rings. The lowest BCUT2D eigenvalue weighted by Gasteiger charge is -2.29. The molecule has 1 fully saturated rings. The Kier molecular flexibility index (Phi) is 6.24. The van der Waals surface area contributed by atoms with E-state index in [0.717, 1.165) is 28.7 Å². The highest BCUT2D eigenvalue weighted by atomic mass is 79.9. The fourth-order valence-corrected chi connectivity index (χ4v) is 3.28. The maximum absolute atomic E-state index is 12.3. The van der Waals surface area contributed by atoms with Gasteiger partial charge in [0, 0.05) is 17.6 Å². The molecule has 1 heterocycles. The molecule has 0 aromatic heterocycles. The van der Waals surface area contributed by atoms with E-state index >= 15 is 0 Å². The van der Waals surface area contributed by atoms with Gasteiger partial charge in [0.25, 0.3) is 5.91 Å². The number of halogens is 1. The lowest BCUT2D eigenvalue weighted by Crippen LogP contribution is -2.38. The van der Waals surface area contributed by atoms with Gasteiger partial charge in [-0.15, -0.1) is 0 Å². The van der Waals surface area contributed by atoms with Crippen molar-refractivity contribution in [3.8, 4) is 0 Å². The van der Waals surface area contributed by atoms with Crippen molar-refractivity contribution in [3.05, 3.63) is 33.8 Å². The molecule has 1 aliphatic rings. The van der Waals surface area contributed by atoms with Crippen molar-refractivity contribution in [1.29, 1.82) is 0 Å². The van der Waals surface area contributed by atoms with Crippen molar-refractivity contribution >= 4 is 21.8 Å². The first-order valence-electron chi connectivity index (χ1n) is 7.83. The zero-order chi connectivity index (χ0) is 15.2. The average molecular weight is 353 g/mol. The van der Waals surface area contributed by atoms with E-state index in [9.17, 15) is 4.79 Å². The van der Waals surface area contributed by atoms with Crippen LogP contribution in [0.4, 0.5) is 0 Å². The number of carbonyl (C=O) groups is 1. The molecule has 1 atom stereocenters. The van der Waals surface area contributed by atoms with Crippen molar-refractivity contribution in [1.82, 2.24) is 10.2 Å². The number of hydrogen-bond acceptors (Lipinski definition) is 2. The summed E-state index contributed by atoms with van der Waals surface area (Å²) in [6.07, 6.45) is 3.99. The Morgan fingerprint density at radius 2 is 2.05 bits per heavy atom. The fourth-order valence-electron chi connectivity index (χ4n) is 2.83. The highest BCUT2D eigenvalue weighted by Crippen LogP contribution is 2.20. The normalized spacial score (nSPS) is 17.5. The van der Waals surface area contributed by atoms with E-state index in [0.29, 0.717) is 5.92 Å². The van der Waals surface area contributed by atoms with Crippen LogP contribution in [0.5, 0.6) is 0 Å². The lowest BCUT2D eigenvalue weighted by molar-refractivity contribution is 0.0941. The molecule has 1 saturated heterocycles. The third-order valence-electron chi connectivity index (χ3n) is 4.07. The molecule has 0 aliphatic carbocycles. The molecule has 4 heteroatoms. The summed E-state index contributed by atoms with van der Waals surface area (Å²) in [5.74, 6) is 0.492. The maximum atomic E-state index is 12.3. The van der Waals surface area contributed by atoms with Crippen LogP contribution >= 0.6 is 15.9 Å². The quantitative estimate of drug-likeness (QED) is 0.877. The molecule has 0 spiro atoms. The molecule has 1 amide bonds. The SMILES string of the molecule is Cc1cccc(C(=O)NCC(C)CN2CCCCC2)c1Br. The summed E-state index contributed by atoms with van der Waals surface area (Å²) in [7, 11) is 0. The van der Waals surface area contributed by atoms with Gasteiger partial charge in [-0.3, -0.25) is 4.79 Å². The molecular weight excluding hydrogens is 328 g/mol. The van der Waals surface area contributed by atoms with Gasteiger partial charge in [0.05, 0.1) is 5.56 Å². The second kappa shape index (κ2) is 7.95. The van der Waals surface area contributed by atoms with Crippen LogP contribution in [0.2, 0.25) is 0 Å². The van der Waals surface area contributed by atoms with Gasteiger partial charge >= 0.3 is 0 Å². The molecule has 0 bridgehead atoms. The van der Waals surface area contributed by atoms with Gasteiger partial charge in [-0.2, -0.15) is 0 Å². The molecule has 1 unspecified atom stereocenters. The Labute approximate surface area is 136 Å². The van der Waals surface area contributed by atoms with Crippen LogP contribution in [0.25, 0.3) is 0 Å². The topological polar surface area (TPSA) is 32.3 Å². The summed E-state index contributed by atoms with van der Waals surface area (Å²) in [6, 6.07) is 5.79. The summed E-state index contributed by atoms with van der Waals surface area (Å²) in [5.41, 5.74) is 1.81. The van der Waals surface area contributed by atoms with Crippen molar-refractivity contribution in [2.24, 2.45) is 5.92 Å². The van der Waals surface area contributed by atoms with Crippen molar-refractivity contribution in [2.75, 3.05) is 26.2 Å². The van der Waals surface area contributed by atoms with Crippen LogP contribution in [-0.2, 0) is 0 Å². The van der Waals surface area contributed by atoms with E-state index in [1.165, 1.54) is 32.4 Å². The number of nitrogens with zero attached hydrogens (tertiary/aromatic N) is 1. The number of nitrogens with one attached hydrogen (secondary N) is 1. The molecule has 1 N–H and O–H groups in total. The smallest absolute Gasteiger partial charge is 0.252 e. The first-order valence-corrected chi connectivity index (χ1v) is 8.63. The highest BCUT2D eigenvalue weighted by Gasteiger charge is 2.15.